The standard InChI is InChI=1S/C12H17N3O/c13-9-5-7-14(8-9)12(16)11-2-1-6-15(11)10-3-4-10/h1-2,6,9-10H,3-5,7-8,13H2/t9-/m1/s1. The number of nitrogens with zero attached hydrogens (tertiary/aromatic N) is 2. The molecule has 0 unspecified atom stereocenters. The minimum Gasteiger partial charge on any atom is -0.340 e. The van der Waals surface area contributed by atoms with E-state index in [0.29, 0.717) is 12.6 Å². The van der Waals surface area contributed by atoms with E-state index in [1.807, 2.05) is 23.2 Å². The van der Waals surface area contributed by atoms with Gasteiger partial charge in [0.15, 0.2) is 0 Å². The third kappa shape index (κ3) is 1.63. The van der Waals surface area contributed by atoms with Crippen molar-refractivity contribution in [1.82, 2.24) is 9.47 Å². The molecule has 86 valence electrons. The van der Waals surface area contributed by atoms with E-state index in [1.165, 1.54) is 12.8 Å². The zero-order valence-corrected chi connectivity index (χ0v) is 9.30. The van der Waals surface area contributed by atoms with Gasteiger partial charge in [0.2, 0.25) is 0 Å². The van der Waals surface area contributed by atoms with Crippen molar-refractivity contribution in [3.8, 4) is 0 Å². The van der Waals surface area contributed by atoms with Crippen LogP contribution in [-0.2, 0) is 0 Å². The number of hydrogen-bond donors (Lipinski definition) is 1. The van der Waals surface area contributed by atoms with Gasteiger partial charge in [-0.25, -0.2) is 0 Å². The first kappa shape index (κ1) is 9.90. The molecule has 4 nitrogen and oxygen atoms in total. The molecule has 3 rings (SSSR count). The van der Waals surface area contributed by atoms with Crippen molar-refractivity contribution >= 4 is 5.91 Å². The summed E-state index contributed by atoms with van der Waals surface area (Å²) in [4.78, 5) is 14.1. The zero-order chi connectivity index (χ0) is 11.1. The molecule has 2 heterocycles. The number of aromatic nitrogens is 1. The summed E-state index contributed by atoms with van der Waals surface area (Å²) in [6.07, 6.45) is 5.35. The summed E-state index contributed by atoms with van der Waals surface area (Å²) in [5, 5.41) is 0. The summed E-state index contributed by atoms with van der Waals surface area (Å²) < 4.78 is 2.12. The lowest BCUT2D eigenvalue weighted by Gasteiger charge is -2.17. The molecule has 0 bridgehead atoms. The van der Waals surface area contributed by atoms with Crippen molar-refractivity contribution in [1.29, 1.82) is 0 Å². The minimum absolute atomic E-state index is 0.143. The van der Waals surface area contributed by atoms with E-state index in [9.17, 15) is 4.79 Å². The number of carbonyl (C=O) groups is 1. The van der Waals surface area contributed by atoms with Crippen molar-refractivity contribution in [3.63, 3.8) is 0 Å². The van der Waals surface area contributed by atoms with Crippen molar-refractivity contribution in [2.45, 2.75) is 31.3 Å². The second kappa shape index (κ2) is 3.63. The number of rotatable bonds is 2. The van der Waals surface area contributed by atoms with Crippen LogP contribution in [-0.4, -0.2) is 34.5 Å². The molecule has 0 spiro atoms. The van der Waals surface area contributed by atoms with E-state index in [1.54, 1.807) is 0 Å². The van der Waals surface area contributed by atoms with Crippen LogP contribution in [0.1, 0.15) is 35.8 Å². The maximum atomic E-state index is 12.3. The summed E-state index contributed by atoms with van der Waals surface area (Å²) in [5.74, 6) is 0.143. The van der Waals surface area contributed by atoms with Crippen molar-refractivity contribution in [3.05, 3.63) is 24.0 Å². The van der Waals surface area contributed by atoms with E-state index in [2.05, 4.69) is 4.57 Å². The van der Waals surface area contributed by atoms with E-state index in [0.717, 1.165) is 18.7 Å². The summed E-state index contributed by atoms with van der Waals surface area (Å²) in [6.45, 7) is 1.50. The molecule has 1 aliphatic heterocycles. The van der Waals surface area contributed by atoms with Crippen LogP contribution in [0.4, 0.5) is 0 Å². The second-order valence-electron chi connectivity index (χ2n) is 4.83. The maximum Gasteiger partial charge on any atom is 0.270 e. The van der Waals surface area contributed by atoms with Gasteiger partial charge in [0, 0.05) is 31.4 Å². The summed E-state index contributed by atoms with van der Waals surface area (Å²) >= 11 is 0. The van der Waals surface area contributed by atoms with E-state index < -0.39 is 0 Å². The van der Waals surface area contributed by atoms with Gasteiger partial charge in [0.25, 0.3) is 5.91 Å². The Labute approximate surface area is 95.0 Å². The Kier molecular flexibility index (Phi) is 2.24. The molecule has 0 aromatic carbocycles. The van der Waals surface area contributed by atoms with E-state index in [4.69, 9.17) is 5.73 Å². The first-order valence-electron chi connectivity index (χ1n) is 5.97. The monoisotopic (exact) mass is 219 g/mol. The lowest BCUT2D eigenvalue weighted by atomic mass is 10.3. The fraction of sp³-hybridized carbons (Fsp3) is 0.583. The predicted octanol–water partition coefficient (Wildman–Crippen LogP) is 0.996. The highest BCUT2D eigenvalue weighted by Gasteiger charge is 2.30. The van der Waals surface area contributed by atoms with Crippen LogP contribution in [0.25, 0.3) is 0 Å². The molecule has 2 N–H and O–H groups in total. The minimum atomic E-state index is 0.143. The maximum absolute atomic E-state index is 12.3. The molecule has 1 saturated heterocycles. The molecule has 1 saturated carbocycles. The second-order valence-corrected chi connectivity index (χ2v) is 4.83. The van der Waals surface area contributed by atoms with Crippen LogP contribution >= 0.6 is 0 Å². The van der Waals surface area contributed by atoms with Crippen LogP contribution in [0.2, 0.25) is 0 Å². The Morgan fingerprint density at radius 1 is 1.38 bits per heavy atom. The SMILES string of the molecule is N[C@@H]1CCN(C(=O)c2cccn2C2CC2)C1. The molecule has 1 aromatic rings. The Morgan fingerprint density at radius 3 is 2.81 bits per heavy atom. The zero-order valence-electron chi connectivity index (χ0n) is 9.30. The van der Waals surface area contributed by atoms with Crippen LogP contribution < -0.4 is 5.73 Å². The van der Waals surface area contributed by atoms with Gasteiger partial charge < -0.3 is 15.2 Å². The molecular weight excluding hydrogens is 202 g/mol. The molecule has 16 heavy (non-hydrogen) atoms. The van der Waals surface area contributed by atoms with Crippen LogP contribution in [0.5, 0.6) is 0 Å². The number of hydrogen-bond acceptors (Lipinski definition) is 2. The van der Waals surface area contributed by atoms with Gasteiger partial charge in [0.1, 0.15) is 5.69 Å². The number of nitrogens with two attached hydrogens (primary N) is 1. The first-order valence-corrected chi connectivity index (χ1v) is 5.97. The Balaban J connectivity index is 1.80. The van der Waals surface area contributed by atoms with Gasteiger partial charge in [-0.2, -0.15) is 0 Å². The Morgan fingerprint density at radius 2 is 2.19 bits per heavy atom. The fourth-order valence-corrected chi connectivity index (χ4v) is 2.38. The van der Waals surface area contributed by atoms with Crippen LogP contribution in [0.15, 0.2) is 18.3 Å². The number of likely N-dealkylation sites (tertiary alicyclic amines) is 1. The van der Waals surface area contributed by atoms with Gasteiger partial charge >= 0.3 is 0 Å². The Hall–Kier alpha value is -1.29. The summed E-state index contributed by atoms with van der Waals surface area (Å²) in [7, 11) is 0. The third-order valence-electron chi connectivity index (χ3n) is 3.45. The average molecular weight is 219 g/mol. The number of carbonyl (C=O) groups excluding carboxylic acids is 1. The smallest absolute Gasteiger partial charge is 0.270 e. The van der Waals surface area contributed by atoms with Crippen molar-refractivity contribution < 1.29 is 4.79 Å². The van der Waals surface area contributed by atoms with E-state index >= 15 is 0 Å². The molecular formula is C12H17N3O. The molecule has 2 aliphatic rings. The van der Waals surface area contributed by atoms with Crippen LogP contribution in [0, 0.1) is 0 Å². The number of amides is 1. The molecule has 1 aliphatic carbocycles. The molecule has 1 amide bonds. The molecule has 4 heteroatoms. The third-order valence-corrected chi connectivity index (χ3v) is 3.45. The lowest BCUT2D eigenvalue weighted by Crippen LogP contribution is -2.33. The van der Waals surface area contributed by atoms with Crippen LogP contribution in [0.3, 0.4) is 0 Å². The van der Waals surface area contributed by atoms with Gasteiger partial charge in [-0.3, -0.25) is 4.79 Å². The van der Waals surface area contributed by atoms with Gasteiger partial charge in [-0.05, 0) is 31.4 Å². The fourth-order valence-electron chi connectivity index (χ4n) is 2.38. The van der Waals surface area contributed by atoms with Crippen molar-refractivity contribution in [2.24, 2.45) is 5.73 Å². The topological polar surface area (TPSA) is 51.3 Å². The molecule has 2 fully saturated rings. The summed E-state index contributed by atoms with van der Waals surface area (Å²) in [6, 6.07) is 4.60. The lowest BCUT2D eigenvalue weighted by molar-refractivity contribution is 0.0780. The van der Waals surface area contributed by atoms with Gasteiger partial charge in [-0.1, -0.05) is 0 Å². The van der Waals surface area contributed by atoms with Gasteiger partial charge in [-0.15, -0.1) is 0 Å². The van der Waals surface area contributed by atoms with Gasteiger partial charge in [0.05, 0.1) is 0 Å². The highest BCUT2D eigenvalue weighted by Crippen LogP contribution is 2.36. The largest absolute Gasteiger partial charge is 0.340 e. The normalized spacial score (nSPS) is 25.1. The average Bonchev–Trinajstić information content (AvgIpc) is 2.85. The molecule has 1 atom stereocenters. The highest BCUT2D eigenvalue weighted by atomic mass is 16.2. The summed E-state index contributed by atoms with van der Waals surface area (Å²) in [5.41, 5.74) is 6.66. The molecule has 0 radical (unpaired) electrons. The molecule has 1 aromatic heterocycles. The van der Waals surface area contributed by atoms with Crippen molar-refractivity contribution in [2.75, 3.05) is 13.1 Å². The predicted molar refractivity (Wildman–Crippen MR) is 61.2 cm³/mol. The highest BCUT2D eigenvalue weighted by molar-refractivity contribution is 5.93. The quantitative estimate of drug-likeness (QED) is 0.806. The Bertz CT molecular complexity index is 408. The first-order chi connectivity index (χ1) is 7.75. The van der Waals surface area contributed by atoms with E-state index in [-0.39, 0.29) is 11.9 Å².